The molecular weight excluding hydrogens is 779 g/mol. The molecule has 6 N–H and O–H groups in total. The highest BCUT2D eigenvalue weighted by Crippen LogP contribution is 2.50. The van der Waals surface area contributed by atoms with Gasteiger partial charge in [0.25, 0.3) is 0 Å². The van der Waals surface area contributed by atoms with Crippen LogP contribution in [-0.2, 0) is 4.57 Å². The summed E-state index contributed by atoms with van der Waals surface area (Å²) in [4.78, 5) is 21.6. The first-order valence-electron chi connectivity index (χ1n) is 9.87. The van der Waals surface area contributed by atoms with Crippen LogP contribution in [0, 0.1) is 0 Å². The van der Waals surface area contributed by atoms with Crippen molar-refractivity contribution in [3.63, 3.8) is 0 Å². The Morgan fingerprint density at radius 2 is 0.489 bits per heavy atom. The van der Waals surface area contributed by atoms with Gasteiger partial charge in [0, 0.05) is 0 Å². The minimum atomic E-state index is -6.30. The van der Waals surface area contributed by atoms with Gasteiger partial charge in [-0.05, 0) is 0 Å². The van der Waals surface area contributed by atoms with Crippen LogP contribution >= 0.6 is 7.82 Å². The lowest BCUT2D eigenvalue weighted by Crippen LogP contribution is -2.58. The highest BCUT2D eigenvalue weighted by molar-refractivity contribution is 7.45. The van der Waals surface area contributed by atoms with Crippen molar-refractivity contribution in [3.05, 3.63) is 0 Å². The van der Waals surface area contributed by atoms with E-state index >= 15 is 0 Å². The van der Waals surface area contributed by atoms with Crippen LogP contribution in [0.4, 0.5) is 105 Å². The third-order valence-electron chi connectivity index (χ3n) is 4.05. The van der Waals surface area contributed by atoms with Crippen LogP contribution in [-0.4, -0.2) is 122 Å². The molecular formula is C15H15F24O7P. The predicted octanol–water partition coefficient (Wildman–Crippen LogP) is 5.52. The standard InChI is InChI=1S/3C5H4F8O.H3O4P/c3*6-2(7)4(10,11)5(12,13)3(8,9)1-14;1-5(2,3)4/h3*2,14H,1H2;(H3,1,2,3,4). The molecule has 0 amide bonds. The molecule has 0 aromatic rings. The predicted molar refractivity (Wildman–Crippen MR) is 98.1 cm³/mol. The van der Waals surface area contributed by atoms with Crippen molar-refractivity contribution in [2.24, 2.45) is 0 Å². The molecule has 32 heteroatoms. The van der Waals surface area contributed by atoms with Gasteiger partial charge >= 0.3 is 80.4 Å². The molecule has 0 heterocycles. The van der Waals surface area contributed by atoms with Crippen molar-refractivity contribution in [2.45, 2.75) is 72.6 Å². The van der Waals surface area contributed by atoms with Crippen LogP contribution in [0.25, 0.3) is 0 Å². The van der Waals surface area contributed by atoms with Crippen molar-refractivity contribution in [1.29, 1.82) is 0 Å². The Labute approximate surface area is 241 Å². The van der Waals surface area contributed by atoms with Gasteiger partial charge in [-0.1, -0.05) is 0 Å². The van der Waals surface area contributed by atoms with E-state index in [0.29, 0.717) is 0 Å². The van der Waals surface area contributed by atoms with E-state index in [-0.39, 0.29) is 0 Å². The van der Waals surface area contributed by atoms with E-state index in [0.717, 1.165) is 0 Å². The number of halogens is 24. The topological polar surface area (TPSA) is 138 Å². The van der Waals surface area contributed by atoms with Crippen molar-refractivity contribution in [2.75, 3.05) is 19.8 Å². The van der Waals surface area contributed by atoms with Crippen molar-refractivity contribution >= 4 is 7.82 Å². The molecule has 0 spiro atoms. The summed E-state index contributed by atoms with van der Waals surface area (Å²) in [5.74, 6) is -54.3. The van der Waals surface area contributed by atoms with Gasteiger partial charge in [-0.15, -0.1) is 0 Å². The molecule has 0 bridgehead atoms. The summed E-state index contributed by atoms with van der Waals surface area (Å²) < 4.78 is 293. The van der Waals surface area contributed by atoms with E-state index in [9.17, 15) is 105 Å². The largest absolute Gasteiger partial charge is 0.466 e. The number of hydrogen-bond acceptors (Lipinski definition) is 4. The fourth-order valence-corrected chi connectivity index (χ4v) is 1.44. The first-order valence-corrected chi connectivity index (χ1v) is 11.4. The van der Waals surface area contributed by atoms with Gasteiger partial charge < -0.3 is 30.0 Å². The van der Waals surface area contributed by atoms with Gasteiger partial charge in [0.05, 0.1) is 0 Å². The quantitative estimate of drug-likeness (QED) is 0.113. The van der Waals surface area contributed by atoms with Gasteiger partial charge in [-0.25, -0.2) is 30.9 Å². The summed E-state index contributed by atoms with van der Waals surface area (Å²) in [5, 5.41) is 23.0. The van der Waals surface area contributed by atoms with E-state index in [2.05, 4.69) is 0 Å². The number of hydrogen-bond donors (Lipinski definition) is 6. The summed E-state index contributed by atoms with van der Waals surface area (Å²) in [6.45, 7) is -7.95. The van der Waals surface area contributed by atoms with Crippen LogP contribution in [0.3, 0.4) is 0 Å². The van der Waals surface area contributed by atoms with Crippen molar-refractivity contribution in [3.8, 4) is 0 Å². The van der Waals surface area contributed by atoms with Crippen LogP contribution < -0.4 is 0 Å². The molecule has 7 nitrogen and oxygen atoms in total. The Bertz CT molecular complexity index is 856. The zero-order valence-corrected chi connectivity index (χ0v) is 21.9. The van der Waals surface area contributed by atoms with E-state index in [1.807, 2.05) is 0 Å². The molecule has 0 aromatic carbocycles. The molecule has 0 aliphatic heterocycles. The molecule has 0 saturated heterocycles. The average Bonchev–Trinajstić information content (AvgIpc) is 2.87. The number of aliphatic hydroxyl groups excluding tert-OH is 3. The summed E-state index contributed by atoms with van der Waals surface area (Å²) in [6, 6.07) is 0. The Morgan fingerprint density at radius 3 is 0.553 bits per heavy atom. The highest BCUT2D eigenvalue weighted by Gasteiger charge is 2.77. The van der Waals surface area contributed by atoms with Gasteiger partial charge in [0.15, 0.2) is 0 Å². The molecule has 0 radical (unpaired) electrons. The zero-order valence-electron chi connectivity index (χ0n) is 21.0. The monoisotopic (exact) mass is 794 g/mol. The first-order chi connectivity index (χ1) is 20.0. The van der Waals surface area contributed by atoms with E-state index < -0.39 is 100 Å². The number of phosphoric acid groups is 1. The molecule has 0 rings (SSSR count). The minimum Gasteiger partial charge on any atom is -0.390 e. The Kier molecular flexibility index (Phi) is 18.6. The third-order valence-corrected chi connectivity index (χ3v) is 4.05. The second-order valence-electron chi connectivity index (χ2n) is 7.60. The van der Waals surface area contributed by atoms with Crippen LogP contribution in [0.15, 0.2) is 0 Å². The first kappa shape index (κ1) is 52.1. The highest BCUT2D eigenvalue weighted by atomic mass is 31.2. The van der Waals surface area contributed by atoms with Gasteiger partial charge in [0.1, 0.15) is 19.8 Å². The zero-order chi connectivity index (χ0) is 39.9. The van der Waals surface area contributed by atoms with Crippen LogP contribution in [0.5, 0.6) is 0 Å². The fourth-order valence-electron chi connectivity index (χ4n) is 1.44. The summed E-state index contributed by atoms with van der Waals surface area (Å²) in [6.07, 6.45) is -14.8. The third kappa shape index (κ3) is 12.6. The number of rotatable bonds is 12. The van der Waals surface area contributed by atoms with E-state index in [4.69, 9.17) is 34.6 Å². The van der Waals surface area contributed by atoms with Crippen molar-refractivity contribution in [1.82, 2.24) is 0 Å². The van der Waals surface area contributed by atoms with Crippen LogP contribution in [0.1, 0.15) is 0 Å². The minimum absolute atomic E-state index is 2.65. The lowest BCUT2D eigenvalue weighted by atomic mass is 10.1. The Morgan fingerprint density at radius 1 is 0.383 bits per heavy atom. The SMILES string of the molecule is O=P(O)(O)O.OCC(F)(F)C(F)(F)C(F)(F)C(F)F.OCC(F)(F)C(F)(F)C(F)(F)C(F)F.OCC(F)(F)C(F)(F)C(F)(F)C(F)F. The van der Waals surface area contributed by atoms with Crippen LogP contribution in [0.2, 0.25) is 0 Å². The molecule has 0 aliphatic rings. The lowest BCUT2D eigenvalue weighted by Gasteiger charge is -2.30. The summed E-state index contributed by atoms with van der Waals surface area (Å²) >= 11 is 0. The molecule has 0 aromatic heterocycles. The van der Waals surface area contributed by atoms with Gasteiger partial charge in [-0.3, -0.25) is 0 Å². The molecule has 0 atom stereocenters. The second-order valence-corrected chi connectivity index (χ2v) is 8.62. The Balaban J connectivity index is -0.000000275. The number of aliphatic hydroxyl groups is 3. The van der Waals surface area contributed by atoms with Gasteiger partial charge in [-0.2, -0.15) is 79.0 Å². The maximum Gasteiger partial charge on any atom is 0.466 e. The van der Waals surface area contributed by atoms with Crippen molar-refractivity contribution < 1.29 is 140 Å². The molecule has 0 aliphatic carbocycles. The molecule has 47 heavy (non-hydrogen) atoms. The fraction of sp³-hybridized carbons (Fsp3) is 1.00. The number of alkyl halides is 24. The molecule has 0 saturated carbocycles. The summed E-state index contributed by atoms with van der Waals surface area (Å²) in [7, 11) is -4.64. The maximum absolute atomic E-state index is 12.1. The Hall–Kier alpha value is -1.69. The van der Waals surface area contributed by atoms with Gasteiger partial charge in [0.2, 0.25) is 0 Å². The molecule has 0 unspecified atom stereocenters. The second kappa shape index (κ2) is 16.8. The molecule has 0 fully saturated rings. The maximum atomic E-state index is 12.1. The summed E-state index contributed by atoms with van der Waals surface area (Å²) in [5.41, 5.74) is 0. The van der Waals surface area contributed by atoms with E-state index in [1.165, 1.54) is 0 Å². The normalized spacial score (nSPS) is 14.7. The molecule has 290 valence electrons. The van der Waals surface area contributed by atoms with E-state index in [1.54, 1.807) is 0 Å². The average molecular weight is 794 g/mol. The smallest absolute Gasteiger partial charge is 0.390 e. The lowest BCUT2D eigenvalue weighted by molar-refractivity contribution is -0.343.